The highest BCUT2D eigenvalue weighted by molar-refractivity contribution is 7.35. The Kier molecular flexibility index (Phi) is 1.83. The van der Waals surface area contributed by atoms with Crippen LogP contribution < -0.4 is 5.63 Å². The van der Waals surface area contributed by atoms with E-state index in [1.54, 1.807) is 0 Å². The van der Waals surface area contributed by atoms with Crippen molar-refractivity contribution < 1.29 is 4.42 Å². The fourth-order valence-electron chi connectivity index (χ4n) is 1.71. The highest BCUT2D eigenvalue weighted by Crippen LogP contribution is 2.26. The second-order valence-corrected chi connectivity index (χ2v) is 4.29. The molecule has 0 saturated carbocycles. The lowest BCUT2D eigenvalue weighted by atomic mass is 10.2. The lowest BCUT2D eigenvalue weighted by Gasteiger charge is -2.00. The van der Waals surface area contributed by atoms with Crippen molar-refractivity contribution >= 4 is 29.7 Å². The predicted molar refractivity (Wildman–Crippen MR) is 62.5 cm³/mol. The summed E-state index contributed by atoms with van der Waals surface area (Å²) in [5, 5.41) is 2.73. The lowest BCUT2D eigenvalue weighted by Crippen LogP contribution is -1.97. The lowest BCUT2D eigenvalue weighted by molar-refractivity contribution is 0.571. The maximum Gasteiger partial charge on any atom is 0.348 e. The molecule has 0 saturated heterocycles. The summed E-state index contributed by atoms with van der Waals surface area (Å²) in [7, 11) is 0.914. The van der Waals surface area contributed by atoms with Crippen LogP contribution in [0.3, 0.4) is 0 Å². The first-order valence-electron chi connectivity index (χ1n) is 4.63. The van der Waals surface area contributed by atoms with Gasteiger partial charge in [-0.3, -0.25) is 0 Å². The van der Waals surface area contributed by atoms with E-state index in [1.165, 1.54) is 0 Å². The van der Waals surface area contributed by atoms with Gasteiger partial charge in [-0.25, -0.2) is 4.79 Å². The summed E-state index contributed by atoms with van der Waals surface area (Å²) in [6, 6.07) is 11.5. The minimum atomic E-state index is -0.231. The summed E-state index contributed by atoms with van der Waals surface area (Å²) in [4.78, 5) is 11.7. The van der Waals surface area contributed by atoms with Crippen LogP contribution in [0.15, 0.2) is 51.4 Å². The van der Waals surface area contributed by atoms with Crippen LogP contribution in [-0.2, 0) is 0 Å². The Bertz CT molecular complexity index is 700. The van der Waals surface area contributed by atoms with Gasteiger partial charge in [-0.15, -0.1) is 0 Å². The Morgan fingerprint density at radius 3 is 2.73 bits per heavy atom. The molecular weight excluding hydrogens is 207 g/mol. The highest BCUT2D eigenvalue weighted by atomic mass is 31.0. The number of fused-ring (bicyclic) bond motifs is 3. The molecule has 2 aromatic heterocycles. The molecule has 0 bridgehead atoms. The largest absolute Gasteiger partial charge is 0.422 e. The number of para-hydroxylation sites is 1. The first-order chi connectivity index (χ1) is 7.36. The standard InChI is InChI=1S/C12H7O2P/c13-12-11-9(5-3-7-15-11)8-4-1-2-6-10(8)14-12/h1-7H. The van der Waals surface area contributed by atoms with Crippen molar-refractivity contribution in [3.8, 4) is 0 Å². The summed E-state index contributed by atoms with van der Waals surface area (Å²) in [5.74, 6) is 1.94. The molecule has 0 aliphatic heterocycles. The van der Waals surface area contributed by atoms with Crippen LogP contribution >= 0.6 is 8.19 Å². The van der Waals surface area contributed by atoms with Gasteiger partial charge in [-0.2, -0.15) is 0 Å². The molecule has 0 spiro atoms. The third kappa shape index (κ3) is 1.26. The highest BCUT2D eigenvalue weighted by Gasteiger charge is 2.05. The summed E-state index contributed by atoms with van der Waals surface area (Å²) in [6.07, 6.45) is 0. The predicted octanol–water partition coefficient (Wildman–Crippen LogP) is 3.53. The zero-order valence-electron chi connectivity index (χ0n) is 7.81. The first-order valence-corrected chi connectivity index (χ1v) is 5.59. The molecule has 0 N–H and O–H groups in total. The molecule has 3 heteroatoms. The molecule has 0 amide bonds. The Morgan fingerprint density at radius 1 is 1.00 bits per heavy atom. The van der Waals surface area contributed by atoms with Crippen LogP contribution in [-0.4, -0.2) is 0 Å². The van der Waals surface area contributed by atoms with E-state index < -0.39 is 0 Å². The van der Waals surface area contributed by atoms with Gasteiger partial charge in [0.25, 0.3) is 0 Å². The van der Waals surface area contributed by atoms with E-state index in [9.17, 15) is 4.79 Å². The number of rotatable bonds is 0. The fraction of sp³-hybridized carbons (Fsp3) is 0. The van der Waals surface area contributed by atoms with Gasteiger partial charge in [0.1, 0.15) is 5.58 Å². The van der Waals surface area contributed by atoms with Crippen LogP contribution in [0.4, 0.5) is 0 Å². The molecule has 2 nitrogen and oxygen atoms in total. The van der Waals surface area contributed by atoms with Crippen molar-refractivity contribution in [2.24, 2.45) is 0 Å². The summed E-state index contributed by atoms with van der Waals surface area (Å²) >= 11 is 0. The minimum absolute atomic E-state index is 0.231. The monoisotopic (exact) mass is 214 g/mol. The molecular formula is C12H7O2P. The fourth-order valence-corrected chi connectivity index (χ4v) is 2.52. The van der Waals surface area contributed by atoms with Crippen molar-refractivity contribution in [1.82, 2.24) is 0 Å². The quantitative estimate of drug-likeness (QED) is 0.423. The molecule has 0 radical (unpaired) electrons. The molecule has 0 aliphatic rings. The summed E-state index contributed by atoms with van der Waals surface area (Å²) < 4.78 is 5.24. The van der Waals surface area contributed by atoms with Gasteiger partial charge in [-0.1, -0.05) is 38.5 Å². The topological polar surface area (TPSA) is 30.2 Å². The van der Waals surface area contributed by atoms with Gasteiger partial charge in [0.15, 0.2) is 0 Å². The average Bonchev–Trinajstić information content (AvgIpc) is 2.30. The Morgan fingerprint density at radius 2 is 1.80 bits per heavy atom. The van der Waals surface area contributed by atoms with Gasteiger partial charge < -0.3 is 4.42 Å². The van der Waals surface area contributed by atoms with Crippen molar-refractivity contribution in [3.63, 3.8) is 0 Å². The van der Waals surface area contributed by atoms with E-state index in [4.69, 9.17) is 4.42 Å². The molecule has 0 aliphatic carbocycles. The van der Waals surface area contributed by atoms with E-state index in [2.05, 4.69) is 0 Å². The third-order valence-corrected chi connectivity index (χ3v) is 3.38. The van der Waals surface area contributed by atoms with Gasteiger partial charge in [0.05, 0.1) is 5.12 Å². The first kappa shape index (κ1) is 8.63. The molecule has 0 atom stereocenters. The van der Waals surface area contributed by atoms with Gasteiger partial charge in [-0.05, 0) is 11.9 Å². The van der Waals surface area contributed by atoms with E-state index in [0.717, 1.165) is 24.1 Å². The van der Waals surface area contributed by atoms with Gasteiger partial charge in [0, 0.05) is 10.8 Å². The van der Waals surface area contributed by atoms with Gasteiger partial charge >= 0.3 is 5.63 Å². The molecule has 72 valence electrons. The van der Waals surface area contributed by atoms with Crippen molar-refractivity contribution in [1.29, 1.82) is 0 Å². The van der Waals surface area contributed by atoms with Crippen LogP contribution in [0.5, 0.6) is 0 Å². The van der Waals surface area contributed by atoms with E-state index >= 15 is 0 Å². The zero-order valence-corrected chi connectivity index (χ0v) is 8.70. The van der Waals surface area contributed by atoms with Gasteiger partial charge in [0.2, 0.25) is 0 Å². The minimum Gasteiger partial charge on any atom is -0.422 e. The van der Waals surface area contributed by atoms with E-state index in [1.807, 2.05) is 42.2 Å². The second kappa shape index (κ2) is 3.18. The van der Waals surface area contributed by atoms with Crippen LogP contribution in [0, 0.1) is 0 Å². The molecule has 3 aromatic rings. The average molecular weight is 214 g/mol. The van der Waals surface area contributed by atoms with E-state index in [0.29, 0.717) is 5.58 Å². The molecule has 3 rings (SSSR count). The van der Waals surface area contributed by atoms with Crippen LogP contribution in [0.2, 0.25) is 0 Å². The molecule has 2 heterocycles. The van der Waals surface area contributed by atoms with Crippen LogP contribution in [0.1, 0.15) is 0 Å². The zero-order chi connectivity index (χ0) is 10.3. The Hall–Kier alpha value is -1.66. The molecule has 0 fully saturated rings. The van der Waals surface area contributed by atoms with Crippen molar-refractivity contribution in [2.75, 3.05) is 0 Å². The molecule has 15 heavy (non-hydrogen) atoms. The summed E-state index contributed by atoms with van der Waals surface area (Å²) in [5.41, 5.74) is 0.425. The Labute approximate surface area is 87.3 Å². The smallest absolute Gasteiger partial charge is 0.348 e. The second-order valence-electron chi connectivity index (χ2n) is 3.29. The van der Waals surface area contributed by atoms with Crippen LogP contribution in [0.25, 0.3) is 21.5 Å². The van der Waals surface area contributed by atoms with Crippen molar-refractivity contribution in [2.45, 2.75) is 0 Å². The number of benzene rings is 1. The molecule has 1 aromatic carbocycles. The van der Waals surface area contributed by atoms with E-state index in [-0.39, 0.29) is 5.63 Å². The van der Waals surface area contributed by atoms with Crippen molar-refractivity contribution in [3.05, 3.63) is 52.6 Å². The third-order valence-electron chi connectivity index (χ3n) is 2.38. The maximum atomic E-state index is 11.7. The normalized spacial score (nSPS) is 11.5. The SMILES string of the molecule is O=c1oc2ccccc2c2cccpc12. The maximum absolute atomic E-state index is 11.7. The number of hydrogen-bond acceptors (Lipinski definition) is 2. The summed E-state index contributed by atoms with van der Waals surface area (Å²) in [6.45, 7) is 0. The number of hydrogen-bond donors (Lipinski definition) is 0. The Balaban J connectivity index is 2.70. The molecule has 0 unspecified atom stereocenters.